The van der Waals surface area contributed by atoms with Gasteiger partial charge < -0.3 is 14.5 Å². The SMILES string of the molecule is COc1c[nH]c(CN2CCCC[C@H]2CCN2CCOCC2)cc1=O. The summed E-state index contributed by atoms with van der Waals surface area (Å²) in [6.45, 7) is 6.90. The van der Waals surface area contributed by atoms with Gasteiger partial charge in [-0.3, -0.25) is 14.6 Å². The lowest BCUT2D eigenvalue weighted by Crippen LogP contribution is -2.43. The van der Waals surface area contributed by atoms with Gasteiger partial charge >= 0.3 is 0 Å². The van der Waals surface area contributed by atoms with E-state index in [0.29, 0.717) is 11.8 Å². The highest BCUT2D eigenvalue weighted by atomic mass is 16.5. The van der Waals surface area contributed by atoms with Crippen LogP contribution in [0.5, 0.6) is 5.75 Å². The zero-order valence-electron chi connectivity index (χ0n) is 14.6. The van der Waals surface area contributed by atoms with Gasteiger partial charge in [0.2, 0.25) is 5.43 Å². The number of nitrogens with one attached hydrogen (secondary N) is 1. The molecule has 2 aliphatic heterocycles. The molecule has 1 aromatic heterocycles. The minimum absolute atomic E-state index is 0.0480. The van der Waals surface area contributed by atoms with Crippen molar-refractivity contribution in [1.29, 1.82) is 0 Å². The zero-order chi connectivity index (χ0) is 16.8. The first-order valence-electron chi connectivity index (χ1n) is 9.06. The number of morpholine rings is 1. The number of H-pyrrole nitrogens is 1. The average molecular weight is 335 g/mol. The Balaban J connectivity index is 1.57. The number of piperidine rings is 1. The molecular formula is C18H29N3O3. The van der Waals surface area contributed by atoms with Gasteiger partial charge in [-0.15, -0.1) is 0 Å². The van der Waals surface area contributed by atoms with E-state index in [4.69, 9.17) is 9.47 Å². The number of pyridine rings is 1. The highest BCUT2D eigenvalue weighted by Crippen LogP contribution is 2.22. The second kappa shape index (κ2) is 8.65. The summed E-state index contributed by atoms with van der Waals surface area (Å²) in [6, 6.07) is 2.28. The molecule has 0 aliphatic carbocycles. The first-order valence-corrected chi connectivity index (χ1v) is 9.06. The van der Waals surface area contributed by atoms with Crippen LogP contribution in [0.1, 0.15) is 31.4 Å². The Kier molecular flexibility index (Phi) is 6.29. The van der Waals surface area contributed by atoms with Gasteiger partial charge in [0.05, 0.1) is 20.3 Å². The Hall–Kier alpha value is -1.37. The highest BCUT2D eigenvalue weighted by Gasteiger charge is 2.23. The standard InChI is InChI=1S/C18H29N3O3/c1-23-18-13-19-15(12-17(18)22)14-21-6-3-2-4-16(21)5-7-20-8-10-24-11-9-20/h12-13,16H,2-11,14H2,1H3,(H,19,22)/t16-/m0/s1. The number of ether oxygens (including phenoxy) is 2. The average Bonchev–Trinajstić information content (AvgIpc) is 2.62. The van der Waals surface area contributed by atoms with Crippen LogP contribution in [0.25, 0.3) is 0 Å². The third kappa shape index (κ3) is 4.59. The molecular weight excluding hydrogens is 306 g/mol. The maximum atomic E-state index is 11.9. The third-order valence-electron chi connectivity index (χ3n) is 5.16. The van der Waals surface area contributed by atoms with E-state index in [2.05, 4.69) is 14.8 Å². The van der Waals surface area contributed by atoms with Gasteiger partial charge in [0.1, 0.15) is 0 Å². The van der Waals surface area contributed by atoms with E-state index in [1.54, 1.807) is 12.3 Å². The summed E-state index contributed by atoms with van der Waals surface area (Å²) in [5, 5.41) is 0. The summed E-state index contributed by atoms with van der Waals surface area (Å²) in [6.07, 6.45) is 6.67. The predicted molar refractivity (Wildman–Crippen MR) is 93.5 cm³/mol. The molecule has 0 bridgehead atoms. The number of hydrogen-bond donors (Lipinski definition) is 1. The van der Waals surface area contributed by atoms with Gasteiger partial charge in [-0.25, -0.2) is 0 Å². The largest absolute Gasteiger partial charge is 0.491 e. The van der Waals surface area contributed by atoms with E-state index in [1.807, 2.05) is 0 Å². The summed E-state index contributed by atoms with van der Waals surface area (Å²) < 4.78 is 10.5. The number of aromatic amines is 1. The van der Waals surface area contributed by atoms with Crippen molar-refractivity contribution in [2.45, 2.75) is 38.3 Å². The Morgan fingerprint density at radius 2 is 2.12 bits per heavy atom. The molecule has 6 heteroatoms. The van der Waals surface area contributed by atoms with Gasteiger partial charge in [-0.05, 0) is 32.4 Å². The van der Waals surface area contributed by atoms with Crippen molar-refractivity contribution in [2.24, 2.45) is 0 Å². The molecule has 0 unspecified atom stereocenters. The van der Waals surface area contributed by atoms with Crippen molar-refractivity contribution in [3.63, 3.8) is 0 Å². The van der Waals surface area contributed by atoms with E-state index in [0.717, 1.165) is 51.6 Å². The van der Waals surface area contributed by atoms with Crippen molar-refractivity contribution < 1.29 is 9.47 Å². The maximum absolute atomic E-state index is 11.9. The number of likely N-dealkylation sites (tertiary alicyclic amines) is 1. The molecule has 0 aromatic carbocycles. The molecule has 1 N–H and O–H groups in total. The lowest BCUT2D eigenvalue weighted by Gasteiger charge is -2.37. The fraction of sp³-hybridized carbons (Fsp3) is 0.722. The molecule has 24 heavy (non-hydrogen) atoms. The smallest absolute Gasteiger partial charge is 0.223 e. The molecule has 1 aromatic rings. The predicted octanol–water partition coefficient (Wildman–Crippen LogP) is 1.46. The minimum atomic E-state index is -0.0480. The second-order valence-electron chi connectivity index (χ2n) is 6.75. The lowest BCUT2D eigenvalue weighted by molar-refractivity contribution is 0.0301. The van der Waals surface area contributed by atoms with E-state index >= 15 is 0 Å². The first kappa shape index (κ1) is 17.5. The number of rotatable bonds is 6. The molecule has 2 aliphatic rings. The second-order valence-corrected chi connectivity index (χ2v) is 6.75. The number of nitrogens with zero attached hydrogens (tertiary/aromatic N) is 2. The van der Waals surface area contributed by atoms with Crippen LogP contribution in [0.4, 0.5) is 0 Å². The molecule has 2 saturated heterocycles. The summed E-state index contributed by atoms with van der Waals surface area (Å²) in [5.41, 5.74) is 0.923. The Labute approximate surface area is 143 Å². The molecule has 2 fully saturated rings. The molecule has 0 radical (unpaired) electrons. The normalized spacial score (nSPS) is 23.3. The quantitative estimate of drug-likeness (QED) is 0.853. The fourth-order valence-electron chi connectivity index (χ4n) is 3.72. The Bertz CT molecular complexity index is 569. The topological polar surface area (TPSA) is 57.8 Å². The summed E-state index contributed by atoms with van der Waals surface area (Å²) >= 11 is 0. The van der Waals surface area contributed by atoms with Crippen molar-refractivity contribution >= 4 is 0 Å². The van der Waals surface area contributed by atoms with Gasteiger partial charge in [0.25, 0.3) is 0 Å². The van der Waals surface area contributed by atoms with Crippen molar-refractivity contribution in [3.8, 4) is 5.75 Å². The van der Waals surface area contributed by atoms with Crippen LogP contribution >= 0.6 is 0 Å². The van der Waals surface area contributed by atoms with Gasteiger partial charge in [-0.1, -0.05) is 6.42 Å². The summed E-state index contributed by atoms with van der Waals surface area (Å²) in [5.74, 6) is 0.376. The van der Waals surface area contributed by atoms with E-state index in [9.17, 15) is 4.79 Å². The third-order valence-corrected chi connectivity index (χ3v) is 5.16. The van der Waals surface area contributed by atoms with Crippen LogP contribution in [0.15, 0.2) is 17.1 Å². The Morgan fingerprint density at radius 1 is 1.29 bits per heavy atom. The molecule has 1 atom stereocenters. The van der Waals surface area contributed by atoms with Crippen LogP contribution in [-0.2, 0) is 11.3 Å². The summed E-state index contributed by atoms with van der Waals surface area (Å²) in [4.78, 5) is 20.2. The van der Waals surface area contributed by atoms with Crippen molar-refractivity contribution in [3.05, 3.63) is 28.2 Å². The molecule has 6 nitrogen and oxygen atoms in total. The van der Waals surface area contributed by atoms with Crippen LogP contribution in [0, 0.1) is 0 Å². The van der Waals surface area contributed by atoms with Crippen LogP contribution in [0.2, 0.25) is 0 Å². The molecule has 0 saturated carbocycles. The zero-order valence-corrected chi connectivity index (χ0v) is 14.6. The number of hydrogen-bond acceptors (Lipinski definition) is 5. The monoisotopic (exact) mass is 335 g/mol. The molecule has 3 rings (SSSR count). The van der Waals surface area contributed by atoms with Crippen LogP contribution in [0.3, 0.4) is 0 Å². The lowest BCUT2D eigenvalue weighted by atomic mass is 9.98. The van der Waals surface area contributed by atoms with Gasteiger partial charge in [0.15, 0.2) is 5.75 Å². The minimum Gasteiger partial charge on any atom is -0.491 e. The number of aromatic nitrogens is 1. The van der Waals surface area contributed by atoms with Gasteiger partial charge in [-0.2, -0.15) is 0 Å². The van der Waals surface area contributed by atoms with Crippen LogP contribution < -0.4 is 10.2 Å². The number of methoxy groups -OCH3 is 1. The van der Waals surface area contributed by atoms with Crippen molar-refractivity contribution in [2.75, 3.05) is 46.5 Å². The molecule has 134 valence electrons. The highest BCUT2D eigenvalue weighted by molar-refractivity contribution is 5.20. The van der Waals surface area contributed by atoms with Gasteiger partial charge in [0, 0.05) is 43.6 Å². The van der Waals surface area contributed by atoms with E-state index in [-0.39, 0.29) is 5.43 Å². The Morgan fingerprint density at radius 3 is 2.88 bits per heavy atom. The molecule has 3 heterocycles. The maximum Gasteiger partial charge on any atom is 0.223 e. The molecule has 0 amide bonds. The fourth-order valence-corrected chi connectivity index (χ4v) is 3.72. The first-order chi connectivity index (χ1) is 11.8. The summed E-state index contributed by atoms with van der Waals surface area (Å²) in [7, 11) is 1.52. The van der Waals surface area contributed by atoms with E-state index in [1.165, 1.54) is 32.8 Å². The van der Waals surface area contributed by atoms with Crippen LogP contribution in [-0.4, -0.2) is 67.3 Å². The molecule has 0 spiro atoms. The van der Waals surface area contributed by atoms with Crippen molar-refractivity contribution in [1.82, 2.24) is 14.8 Å². The van der Waals surface area contributed by atoms with E-state index < -0.39 is 0 Å².